The molecule has 6 rings (SSSR count). The molecule has 0 radical (unpaired) electrons. The van der Waals surface area contributed by atoms with E-state index in [9.17, 15) is 45.6 Å². The smallest absolute Gasteiger partial charge is 0.411 e. The number of halogens is 8. The van der Waals surface area contributed by atoms with Crippen molar-refractivity contribution >= 4 is 29.6 Å². The van der Waals surface area contributed by atoms with E-state index in [0.29, 0.717) is 21.4 Å². The van der Waals surface area contributed by atoms with Crippen LogP contribution in [0, 0.1) is 22.7 Å². The van der Waals surface area contributed by atoms with E-state index in [1.807, 2.05) is 11.4 Å². The van der Waals surface area contributed by atoms with Gasteiger partial charge < -0.3 is 15.4 Å². The molecule has 3 N–H and O–H groups in total. The molecule has 2 aromatic heterocycles. The Balaban J connectivity index is 1.40. The number of benzene rings is 2. The van der Waals surface area contributed by atoms with E-state index in [2.05, 4.69) is 20.5 Å². The van der Waals surface area contributed by atoms with E-state index < -0.39 is 72.6 Å². The fraction of sp³-hybridized carbons (Fsp3) is 0.382. The van der Waals surface area contributed by atoms with Gasteiger partial charge in [0.05, 0.1) is 29.0 Å². The molecule has 290 valence electrons. The van der Waals surface area contributed by atoms with E-state index in [0.717, 1.165) is 22.1 Å². The molecule has 1 aliphatic carbocycles. The number of nitrogens with one attached hydrogen (secondary N) is 3. The summed E-state index contributed by atoms with van der Waals surface area (Å²) in [5, 5.41) is 30.6. The maximum absolute atomic E-state index is 14.9. The maximum atomic E-state index is 14.9. The van der Waals surface area contributed by atoms with Gasteiger partial charge in [-0.2, -0.15) is 37.4 Å². The molecule has 2 amide bonds. The van der Waals surface area contributed by atoms with Crippen LogP contribution in [0.3, 0.4) is 0 Å². The minimum absolute atomic E-state index is 0.00642. The van der Waals surface area contributed by atoms with E-state index in [1.54, 1.807) is 19.1 Å². The predicted octanol–water partition coefficient (Wildman–Crippen LogP) is 7.18. The van der Waals surface area contributed by atoms with Gasteiger partial charge in [-0.05, 0) is 54.0 Å². The minimum atomic E-state index is -4.77. The van der Waals surface area contributed by atoms with Crippen molar-refractivity contribution in [2.75, 3.05) is 6.61 Å². The number of rotatable bonds is 13. The number of carbonyl (C=O) groups is 2. The molecule has 3 heterocycles. The molecule has 0 spiro atoms. The van der Waals surface area contributed by atoms with Crippen LogP contribution in [0.1, 0.15) is 68.6 Å². The van der Waals surface area contributed by atoms with Gasteiger partial charge in [-0.15, -0.1) is 0 Å². The number of hydrogen-bond acceptors (Lipinski definition) is 8. The van der Waals surface area contributed by atoms with Gasteiger partial charge in [0.25, 0.3) is 12.3 Å². The standard InChI is InChI=1S/C34H30ClF7N10O3/c1-18(8-11-43)13-33(22-5-2-19(3-6-22)21-14-46-50(15-21)29(38)39)28(53)51(30(44)48-33)25(16-55-31(54)49-32(9-10-32)34(40,41)42)20-4-7-23(35)24(12-20)52-27(26(36)37)45-17-47-52/h2-7,12,14-15,17-18,25-26,29H,8-10,13,16H2,1H3,(H2,44,48)(H,49,54)/t18-,25-,33-/m1/s1. The monoisotopic (exact) mass is 794 g/mol. The van der Waals surface area contributed by atoms with Crippen molar-refractivity contribution in [2.45, 2.75) is 68.9 Å². The zero-order chi connectivity index (χ0) is 39.9. The van der Waals surface area contributed by atoms with Crippen LogP contribution in [0.25, 0.3) is 16.8 Å². The number of alkyl carbamates (subject to hydrolysis) is 1. The van der Waals surface area contributed by atoms with Crippen LogP contribution >= 0.6 is 11.6 Å². The third-order valence-electron chi connectivity index (χ3n) is 9.43. The molecule has 3 atom stereocenters. The third kappa shape index (κ3) is 7.52. The van der Waals surface area contributed by atoms with Crippen molar-refractivity contribution < 1.29 is 45.1 Å². The molecule has 13 nitrogen and oxygen atoms in total. The van der Waals surface area contributed by atoms with Gasteiger partial charge in [0.2, 0.25) is 0 Å². The van der Waals surface area contributed by atoms with Gasteiger partial charge >= 0.3 is 18.8 Å². The summed E-state index contributed by atoms with van der Waals surface area (Å²) < 4.78 is 101. The highest BCUT2D eigenvalue weighted by molar-refractivity contribution is 6.32. The van der Waals surface area contributed by atoms with Crippen molar-refractivity contribution in [1.82, 2.24) is 40.1 Å². The van der Waals surface area contributed by atoms with E-state index in [-0.39, 0.29) is 42.0 Å². The van der Waals surface area contributed by atoms with Crippen molar-refractivity contribution in [3.05, 3.63) is 83.2 Å². The highest BCUT2D eigenvalue weighted by Gasteiger charge is 2.64. The molecule has 0 unspecified atom stereocenters. The Labute approximate surface area is 312 Å². The Morgan fingerprint density at radius 1 is 1.13 bits per heavy atom. The predicted molar refractivity (Wildman–Crippen MR) is 179 cm³/mol. The number of alkyl halides is 7. The number of ether oxygens (including phenoxy) is 1. The molecule has 2 fully saturated rings. The number of guanidine groups is 1. The fourth-order valence-corrected chi connectivity index (χ4v) is 6.66. The van der Waals surface area contributed by atoms with E-state index in [4.69, 9.17) is 21.7 Å². The molecule has 1 aliphatic heterocycles. The van der Waals surface area contributed by atoms with Crippen LogP contribution in [0.4, 0.5) is 35.5 Å². The Morgan fingerprint density at radius 3 is 2.44 bits per heavy atom. The van der Waals surface area contributed by atoms with Gasteiger partial charge in [0.1, 0.15) is 24.0 Å². The molecular formula is C34H30ClF7N10O3. The van der Waals surface area contributed by atoms with Crippen LogP contribution in [-0.4, -0.2) is 65.7 Å². The Morgan fingerprint density at radius 2 is 1.84 bits per heavy atom. The second kappa shape index (κ2) is 14.8. The first-order valence-electron chi connectivity index (χ1n) is 16.5. The van der Waals surface area contributed by atoms with Gasteiger partial charge in [0.15, 0.2) is 11.8 Å². The van der Waals surface area contributed by atoms with Crippen LogP contribution in [0.5, 0.6) is 0 Å². The van der Waals surface area contributed by atoms with Crippen LogP contribution in [0.15, 0.2) is 61.2 Å². The largest absolute Gasteiger partial charge is 0.447 e. The molecule has 21 heteroatoms. The lowest BCUT2D eigenvalue weighted by atomic mass is 9.80. The van der Waals surface area contributed by atoms with Crippen molar-refractivity contribution in [2.24, 2.45) is 5.92 Å². The first-order chi connectivity index (χ1) is 26.0. The summed E-state index contributed by atoms with van der Waals surface area (Å²) in [6.45, 7) is -2.01. The van der Waals surface area contributed by atoms with Crippen molar-refractivity contribution in [1.29, 1.82) is 10.7 Å². The fourth-order valence-electron chi connectivity index (χ4n) is 6.46. The molecule has 4 aromatic rings. The highest BCUT2D eigenvalue weighted by Crippen LogP contribution is 2.49. The summed E-state index contributed by atoms with van der Waals surface area (Å²) in [6.07, 6.45) is -6.93. The second-order valence-electron chi connectivity index (χ2n) is 13.2. The lowest BCUT2D eigenvalue weighted by Gasteiger charge is -2.32. The highest BCUT2D eigenvalue weighted by atomic mass is 35.5. The zero-order valence-electron chi connectivity index (χ0n) is 28.5. The average Bonchev–Trinajstić information content (AvgIpc) is 3.44. The molecule has 2 aliphatic rings. The maximum Gasteiger partial charge on any atom is 0.411 e. The normalized spacial score (nSPS) is 19.0. The van der Waals surface area contributed by atoms with Crippen LogP contribution in [-0.2, 0) is 15.1 Å². The second-order valence-corrected chi connectivity index (χ2v) is 13.6. The van der Waals surface area contributed by atoms with Crippen molar-refractivity contribution in [3.8, 4) is 22.9 Å². The van der Waals surface area contributed by atoms with Gasteiger partial charge in [0, 0.05) is 18.2 Å². The SMILES string of the molecule is C[C@H](CC#N)C[C@]1(c2ccc(-c3cnn(C(F)F)c3)cc2)NC(=N)N([C@H](COC(=O)NC2(C(F)(F)F)CC2)c2ccc(Cl)c(-n3ncnc3C(F)F)c2)C1=O. The zero-order valence-corrected chi connectivity index (χ0v) is 29.3. The Hall–Kier alpha value is -5.71. The molecular weight excluding hydrogens is 765 g/mol. The van der Waals surface area contributed by atoms with Gasteiger partial charge in [-0.25, -0.2) is 27.9 Å². The average molecular weight is 795 g/mol. The summed E-state index contributed by atoms with van der Waals surface area (Å²) >= 11 is 6.38. The lowest BCUT2D eigenvalue weighted by molar-refractivity contribution is -0.164. The number of amides is 2. The van der Waals surface area contributed by atoms with Gasteiger partial charge in [-0.3, -0.25) is 15.1 Å². The summed E-state index contributed by atoms with van der Waals surface area (Å²) in [7, 11) is 0. The Kier molecular flexibility index (Phi) is 10.5. The summed E-state index contributed by atoms with van der Waals surface area (Å²) in [5.41, 5.74) is -3.24. The number of hydrogen-bond donors (Lipinski definition) is 3. The lowest BCUT2D eigenvalue weighted by Crippen LogP contribution is -2.49. The van der Waals surface area contributed by atoms with E-state index >= 15 is 0 Å². The molecule has 2 aromatic carbocycles. The van der Waals surface area contributed by atoms with Crippen LogP contribution < -0.4 is 10.6 Å². The first kappa shape index (κ1) is 39.0. The molecule has 55 heavy (non-hydrogen) atoms. The first-order valence-corrected chi connectivity index (χ1v) is 16.9. The summed E-state index contributed by atoms with van der Waals surface area (Å²) in [5.74, 6) is -2.58. The number of carbonyl (C=O) groups excluding carboxylic acids is 2. The molecule has 1 saturated carbocycles. The summed E-state index contributed by atoms with van der Waals surface area (Å²) in [6, 6.07) is 10.6. The third-order valence-corrected chi connectivity index (χ3v) is 9.75. The minimum Gasteiger partial charge on any atom is -0.447 e. The topological polar surface area (TPSA) is 167 Å². The molecule has 1 saturated heterocycles. The number of nitriles is 1. The van der Waals surface area contributed by atoms with Crippen molar-refractivity contribution in [3.63, 3.8) is 0 Å². The summed E-state index contributed by atoms with van der Waals surface area (Å²) in [4.78, 5) is 32.2. The Bertz CT molecular complexity index is 2130. The van der Waals surface area contributed by atoms with Crippen LogP contribution in [0.2, 0.25) is 5.02 Å². The number of nitrogens with zero attached hydrogens (tertiary/aromatic N) is 7. The van der Waals surface area contributed by atoms with E-state index in [1.165, 1.54) is 36.5 Å². The molecule has 0 bridgehead atoms. The van der Waals surface area contributed by atoms with Gasteiger partial charge in [-0.1, -0.05) is 48.9 Å². The number of aromatic nitrogens is 5. The quantitative estimate of drug-likeness (QED) is 0.120.